The van der Waals surface area contributed by atoms with Gasteiger partial charge in [-0.3, -0.25) is 4.98 Å². The summed E-state index contributed by atoms with van der Waals surface area (Å²) in [6.07, 6.45) is 4.52. The van der Waals surface area contributed by atoms with Crippen molar-refractivity contribution in [2.75, 3.05) is 6.54 Å². The van der Waals surface area contributed by atoms with E-state index in [1.807, 2.05) is 6.20 Å². The van der Waals surface area contributed by atoms with Crippen molar-refractivity contribution in [2.24, 2.45) is 5.92 Å². The molecule has 0 amide bonds. The van der Waals surface area contributed by atoms with Crippen molar-refractivity contribution < 1.29 is 0 Å². The zero-order valence-corrected chi connectivity index (χ0v) is 12.3. The molecule has 0 aliphatic carbocycles. The predicted octanol–water partition coefficient (Wildman–Crippen LogP) is 4.38. The lowest BCUT2D eigenvalue weighted by atomic mass is 9.92. The minimum atomic E-state index is 0.425. The smallest absolute Gasteiger partial charge is 0.0809 e. The molecule has 2 aromatic rings. The predicted molar refractivity (Wildman–Crippen MR) is 80.1 cm³/mol. The van der Waals surface area contributed by atoms with Crippen LogP contribution in [0.2, 0.25) is 0 Å². The fourth-order valence-electron chi connectivity index (χ4n) is 2.52. The number of fused-ring (bicyclic) bond motifs is 1. The van der Waals surface area contributed by atoms with Crippen molar-refractivity contribution >= 4 is 21.6 Å². The SMILES string of the molecule is CCCC(C)C(NCC)c1cnc2ccsc2c1. The van der Waals surface area contributed by atoms with Crippen LogP contribution in [-0.2, 0) is 0 Å². The quantitative estimate of drug-likeness (QED) is 0.835. The lowest BCUT2D eigenvalue weighted by molar-refractivity contribution is 0.369. The van der Waals surface area contributed by atoms with Crippen LogP contribution in [0.1, 0.15) is 45.2 Å². The molecule has 0 fully saturated rings. The summed E-state index contributed by atoms with van der Waals surface area (Å²) in [6, 6.07) is 4.81. The van der Waals surface area contributed by atoms with Gasteiger partial charge in [-0.2, -0.15) is 0 Å². The Morgan fingerprint density at radius 2 is 2.22 bits per heavy atom. The molecule has 1 N–H and O–H groups in total. The molecule has 0 aliphatic rings. The van der Waals surface area contributed by atoms with Crippen molar-refractivity contribution in [3.63, 3.8) is 0 Å². The number of hydrogen-bond donors (Lipinski definition) is 1. The largest absolute Gasteiger partial charge is 0.310 e. The topological polar surface area (TPSA) is 24.9 Å². The molecule has 0 saturated carbocycles. The normalized spacial score (nSPS) is 14.8. The lowest BCUT2D eigenvalue weighted by Gasteiger charge is -2.24. The van der Waals surface area contributed by atoms with Crippen LogP contribution in [-0.4, -0.2) is 11.5 Å². The van der Waals surface area contributed by atoms with Crippen molar-refractivity contribution in [3.05, 3.63) is 29.3 Å². The Morgan fingerprint density at radius 1 is 1.39 bits per heavy atom. The molecule has 2 aromatic heterocycles. The van der Waals surface area contributed by atoms with Crippen LogP contribution in [0.3, 0.4) is 0 Å². The van der Waals surface area contributed by atoms with Gasteiger partial charge in [-0.25, -0.2) is 0 Å². The molecule has 2 heterocycles. The van der Waals surface area contributed by atoms with Gasteiger partial charge in [-0.15, -0.1) is 11.3 Å². The third-order valence-corrected chi connectivity index (χ3v) is 4.27. The lowest BCUT2D eigenvalue weighted by Crippen LogP contribution is -2.26. The highest BCUT2D eigenvalue weighted by molar-refractivity contribution is 7.17. The van der Waals surface area contributed by atoms with Gasteiger partial charge in [0.2, 0.25) is 0 Å². The van der Waals surface area contributed by atoms with E-state index in [1.54, 1.807) is 11.3 Å². The van der Waals surface area contributed by atoms with Crippen LogP contribution >= 0.6 is 11.3 Å². The molecule has 2 atom stereocenters. The highest BCUT2D eigenvalue weighted by Gasteiger charge is 2.18. The van der Waals surface area contributed by atoms with E-state index in [-0.39, 0.29) is 0 Å². The van der Waals surface area contributed by atoms with Gasteiger partial charge in [0.25, 0.3) is 0 Å². The minimum Gasteiger partial charge on any atom is -0.310 e. The van der Waals surface area contributed by atoms with E-state index in [0.29, 0.717) is 12.0 Å². The summed E-state index contributed by atoms with van der Waals surface area (Å²) in [5.41, 5.74) is 2.44. The molecule has 2 nitrogen and oxygen atoms in total. The maximum atomic E-state index is 4.56. The van der Waals surface area contributed by atoms with E-state index in [4.69, 9.17) is 0 Å². The molecule has 0 spiro atoms. The van der Waals surface area contributed by atoms with Gasteiger partial charge < -0.3 is 5.32 Å². The number of thiophene rings is 1. The molecule has 0 bridgehead atoms. The summed E-state index contributed by atoms with van der Waals surface area (Å²) in [6.45, 7) is 7.75. The monoisotopic (exact) mass is 262 g/mol. The number of aromatic nitrogens is 1. The average Bonchev–Trinajstić information content (AvgIpc) is 2.83. The Hall–Kier alpha value is -0.930. The maximum Gasteiger partial charge on any atom is 0.0809 e. The van der Waals surface area contributed by atoms with Crippen molar-refractivity contribution in [3.8, 4) is 0 Å². The highest BCUT2D eigenvalue weighted by atomic mass is 32.1. The Labute approximate surface area is 113 Å². The molecule has 3 heteroatoms. The minimum absolute atomic E-state index is 0.425. The third-order valence-electron chi connectivity index (χ3n) is 3.42. The van der Waals surface area contributed by atoms with Crippen molar-refractivity contribution in [1.82, 2.24) is 10.3 Å². The first kappa shape index (κ1) is 13.5. The number of rotatable bonds is 6. The molecule has 18 heavy (non-hydrogen) atoms. The van der Waals surface area contributed by atoms with Crippen LogP contribution in [0.4, 0.5) is 0 Å². The van der Waals surface area contributed by atoms with Gasteiger partial charge in [0.1, 0.15) is 0 Å². The number of hydrogen-bond acceptors (Lipinski definition) is 3. The summed E-state index contributed by atoms with van der Waals surface area (Å²) in [5, 5.41) is 5.72. The first-order chi connectivity index (χ1) is 8.76. The van der Waals surface area contributed by atoms with Crippen LogP contribution in [0.15, 0.2) is 23.7 Å². The Morgan fingerprint density at radius 3 is 2.94 bits per heavy atom. The molecule has 0 aromatic carbocycles. The van der Waals surface area contributed by atoms with Crippen molar-refractivity contribution in [1.29, 1.82) is 0 Å². The fraction of sp³-hybridized carbons (Fsp3) is 0.533. The molecular formula is C15H22N2S. The second kappa shape index (κ2) is 6.30. The number of pyridine rings is 1. The molecule has 0 aliphatic heterocycles. The highest BCUT2D eigenvalue weighted by Crippen LogP contribution is 2.28. The van der Waals surface area contributed by atoms with Gasteiger partial charge in [0.05, 0.1) is 10.2 Å². The third kappa shape index (κ3) is 2.90. The summed E-state index contributed by atoms with van der Waals surface area (Å²) in [5.74, 6) is 0.647. The van der Waals surface area contributed by atoms with E-state index in [2.05, 4.69) is 48.6 Å². The van der Waals surface area contributed by atoms with Crippen LogP contribution in [0.5, 0.6) is 0 Å². The van der Waals surface area contributed by atoms with Gasteiger partial charge in [0.15, 0.2) is 0 Å². The molecule has 2 unspecified atom stereocenters. The second-order valence-electron chi connectivity index (χ2n) is 4.87. The van der Waals surface area contributed by atoms with E-state index < -0.39 is 0 Å². The first-order valence-corrected chi connectivity index (χ1v) is 7.70. The summed E-state index contributed by atoms with van der Waals surface area (Å²) in [4.78, 5) is 4.56. The van der Waals surface area contributed by atoms with Crippen LogP contribution in [0, 0.1) is 5.92 Å². The first-order valence-electron chi connectivity index (χ1n) is 6.82. The number of nitrogens with one attached hydrogen (secondary N) is 1. The van der Waals surface area contributed by atoms with Gasteiger partial charge in [0, 0.05) is 12.2 Å². The standard InChI is InChI=1S/C15H22N2S/c1-4-6-11(3)15(16-5-2)12-9-14-13(17-10-12)7-8-18-14/h7-11,15-16H,4-6H2,1-3H3. The molecule has 2 rings (SSSR count). The van der Waals surface area contributed by atoms with E-state index in [9.17, 15) is 0 Å². The molecule has 98 valence electrons. The summed E-state index contributed by atoms with van der Waals surface area (Å²) < 4.78 is 1.29. The van der Waals surface area contributed by atoms with E-state index in [1.165, 1.54) is 23.1 Å². The van der Waals surface area contributed by atoms with E-state index in [0.717, 1.165) is 12.1 Å². The Kier molecular flexibility index (Phi) is 4.72. The summed E-state index contributed by atoms with van der Waals surface area (Å²) in [7, 11) is 0. The maximum absolute atomic E-state index is 4.56. The zero-order valence-electron chi connectivity index (χ0n) is 11.4. The van der Waals surface area contributed by atoms with E-state index >= 15 is 0 Å². The van der Waals surface area contributed by atoms with Gasteiger partial charge in [-0.05, 0) is 42.0 Å². The average molecular weight is 262 g/mol. The zero-order chi connectivity index (χ0) is 13.0. The van der Waals surface area contributed by atoms with Crippen LogP contribution < -0.4 is 5.32 Å². The Bertz CT molecular complexity index is 492. The molecule has 0 saturated heterocycles. The van der Waals surface area contributed by atoms with Crippen molar-refractivity contribution in [2.45, 2.75) is 39.7 Å². The molecule has 0 radical (unpaired) electrons. The molecular weight excluding hydrogens is 240 g/mol. The second-order valence-corrected chi connectivity index (χ2v) is 5.82. The Balaban J connectivity index is 2.28. The fourth-order valence-corrected chi connectivity index (χ4v) is 3.31. The summed E-state index contributed by atoms with van der Waals surface area (Å²) >= 11 is 1.77. The van der Waals surface area contributed by atoms with Gasteiger partial charge >= 0.3 is 0 Å². The van der Waals surface area contributed by atoms with Crippen LogP contribution in [0.25, 0.3) is 10.2 Å². The number of nitrogens with zero attached hydrogens (tertiary/aromatic N) is 1. The van der Waals surface area contributed by atoms with Gasteiger partial charge in [-0.1, -0.05) is 27.2 Å².